The summed E-state index contributed by atoms with van der Waals surface area (Å²) >= 11 is 0. The molecule has 6 nitrogen and oxygen atoms in total. The van der Waals surface area contributed by atoms with Gasteiger partial charge < -0.3 is 15.3 Å². The summed E-state index contributed by atoms with van der Waals surface area (Å²) in [6.45, 7) is 0. The van der Waals surface area contributed by atoms with Crippen LogP contribution in [0.5, 0.6) is 0 Å². The van der Waals surface area contributed by atoms with Crippen LogP contribution in [0.1, 0.15) is 6.42 Å². The van der Waals surface area contributed by atoms with E-state index in [4.69, 9.17) is 15.3 Å². The summed E-state index contributed by atoms with van der Waals surface area (Å²) in [5.41, 5.74) is 0. The van der Waals surface area contributed by atoms with E-state index in [0.29, 0.717) is 0 Å². The van der Waals surface area contributed by atoms with Crippen molar-refractivity contribution in [2.24, 2.45) is 5.92 Å². The highest BCUT2D eigenvalue weighted by Gasteiger charge is 2.21. The van der Waals surface area contributed by atoms with E-state index in [0.717, 1.165) is 12.2 Å². The lowest BCUT2D eigenvalue weighted by molar-refractivity contribution is -0.152. The predicted molar refractivity (Wildman–Crippen MR) is 40.2 cm³/mol. The van der Waals surface area contributed by atoms with Gasteiger partial charge in [-0.2, -0.15) is 0 Å². The van der Waals surface area contributed by atoms with Crippen molar-refractivity contribution >= 4 is 17.9 Å². The average Bonchev–Trinajstić information content (AvgIpc) is 1.95. The molecule has 0 radical (unpaired) electrons. The third-order valence-electron chi connectivity index (χ3n) is 1.15. The Morgan fingerprint density at radius 3 is 1.85 bits per heavy atom. The molecule has 0 atom stereocenters. The van der Waals surface area contributed by atoms with Crippen LogP contribution >= 0.6 is 0 Å². The molecule has 0 aliphatic heterocycles. The average molecular weight is 188 g/mol. The summed E-state index contributed by atoms with van der Waals surface area (Å²) in [6.07, 6.45) is 1.44. The van der Waals surface area contributed by atoms with Gasteiger partial charge >= 0.3 is 17.9 Å². The summed E-state index contributed by atoms with van der Waals surface area (Å²) in [4.78, 5) is 30.4. The van der Waals surface area contributed by atoms with Gasteiger partial charge in [0.25, 0.3) is 0 Å². The van der Waals surface area contributed by atoms with Crippen LogP contribution in [-0.4, -0.2) is 33.2 Å². The normalized spacial score (nSPS) is 10.5. The molecule has 0 fully saturated rings. The second kappa shape index (κ2) is 4.91. The number of aliphatic carboxylic acids is 3. The van der Waals surface area contributed by atoms with Gasteiger partial charge in [0, 0.05) is 0 Å². The standard InChI is InChI=1S/C7H8O6/c8-5(9)3-1-2-4(6(10)11)7(12)13/h1-2,4H,3H2,(H,8,9)(H,10,11)(H,12,13). The van der Waals surface area contributed by atoms with Gasteiger partial charge in [0.15, 0.2) is 5.92 Å². The first kappa shape index (κ1) is 11.2. The SMILES string of the molecule is O=C(O)CC=CC(C(=O)O)C(=O)O. The Morgan fingerprint density at radius 2 is 1.54 bits per heavy atom. The molecule has 0 saturated carbocycles. The highest BCUT2D eigenvalue weighted by Crippen LogP contribution is 2.00. The third kappa shape index (κ3) is 4.57. The van der Waals surface area contributed by atoms with Gasteiger partial charge in [0.1, 0.15) is 0 Å². The molecule has 0 aliphatic carbocycles. The van der Waals surface area contributed by atoms with E-state index < -0.39 is 30.2 Å². The van der Waals surface area contributed by atoms with Crippen LogP contribution in [-0.2, 0) is 14.4 Å². The fourth-order valence-corrected chi connectivity index (χ4v) is 0.575. The Kier molecular flexibility index (Phi) is 4.21. The van der Waals surface area contributed by atoms with Gasteiger partial charge in [-0.3, -0.25) is 14.4 Å². The van der Waals surface area contributed by atoms with Gasteiger partial charge in [-0.15, -0.1) is 0 Å². The van der Waals surface area contributed by atoms with E-state index >= 15 is 0 Å². The lowest BCUT2D eigenvalue weighted by Crippen LogP contribution is -2.20. The lowest BCUT2D eigenvalue weighted by Gasteiger charge is -1.98. The van der Waals surface area contributed by atoms with Crippen LogP contribution in [0, 0.1) is 5.92 Å². The van der Waals surface area contributed by atoms with E-state index in [9.17, 15) is 14.4 Å². The molecule has 0 aromatic rings. The van der Waals surface area contributed by atoms with Crippen LogP contribution in [0.4, 0.5) is 0 Å². The molecular weight excluding hydrogens is 180 g/mol. The summed E-state index contributed by atoms with van der Waals surface area (Å²) in [7, 11) is 0. The highest BCUT2D eigenvalue weighted by molar-refractivity contribution is 5.95. The Morgan fingerprint density at radius 1 is 1.08 bits per heavy atom. The zero-order valence-electron chi connectivity index (χ0n) is 6.51. The van der Waals surface area contributed by atoms with Crippen molar-refractivity contribution in [3.05, 3.63) is 12.2 Å². The third-order valence-corrected chi connectivity index (χ3v) is 1.15. The fraction of sp³-hybridized carbons (Fsp3) is 0.286. The Balaban J connectivity index is 4.26. The molecule has 0 spiro atoms. The summed E-state index contributed by atoms with van der Waals surface area (Å²) in [6, 6.07) is 0. The molecule has 0 aromatic carbocycles. The van der Waals surface area contributed by atoms with E-state index in [1.54, 1.807) is 0 Å². The van der Waals surface area contributed by atoms with E-state index in [1.807, 2.05) is 0 Å². The summed E-state index contributed by atoms with van der Waals surface area (Å²) < 4.78 is 0. The maximum absolute atomic E-state index is 10.2. The van der Waals surface area contributed by atoms with Crippen LogP contribution < -0.4 is 0 Å². The molecule has 3 N–H and O–H groups in total. The quantitative estimate of drug-likeness (QED) is 0.407. The first-order valence-corrected chi connectivity index (χ1v) is 3.29. The molecule has 0 heterocycles. The fourth-order valence-electron chi connectivity index (χ4n) is 0.575. The van der Waals surface area contributed by atoms with Gasteiger partial charge in [0.05, 0.1) is 6.42 Å². The van der Waals surface area contributed by atoms with Crippen molar-refractivity contribution < 1.29 is 29.7 Å². The summed E-state index contributed by atoms with van der Waals surface area (Å²) in [5, 5.41) is 24.8. The van der Waals surface area contributed by atoms with Crippen molar-refractivity contribution in [3.63, 3.8) is 0 Å². The minimum Gasteiger partial charge on any atom is -0.481 e. The smallest absolute Gasteiger partial charge is 0.321 e. The van der Waals surface area contributed by atoms with Crippen LogP contribution in [0.25, 0.3) is 0 Å². The van der Waals surface area contributed by atoms with Crippen molar-refractivity contribution in [1.82, 2.24) is 0 Å². The number of carboxylic acids is 3. The van der Waals surface area contributed by atoms with Crippen LogP contribution in [0.3, 0.4) is 0 Å². The first-order chi connectivity index (χ1) is 5.95. The van der Waals surface area contributed by atoms with E-state index in [-0.39, 0.29) is 0 Å². The number of carbonyl (C=O) groups is 3. The second-order valence-electron chi connectivity index (χ2n) is 2.18. The molecule has 0 aliphatic rings. The zero-order chi connectivity index (χ0) is 10.4. The van der Waals surface area contributed by atoms with Crippen molar-refractivity contribution in [3.8, 4) is 0 Å². The van der Waals surface area contributed by atoms with Crippen molar-refractivity contribution in [2.75, 3.05) is 0 Å². The second-order valence-corrected chi connectivity index (χ2v) is 2.18. The maximum atomic E-state index is 10.2. The van der Waals surface area contributed by atoms with Gasteiger partial charge in [0.2, 0.25) is 0 Å². The van der Waals surface area contributed by atoms with Crippen molar-refractivity contribution in [1.29, 1.82) is 0 Å². The van der Waals surface area contributed by atoms with E-state index in [2.05, 4.69) is 0 Å². The van der Waals surface area contributed by atoms with Gasteiger partial charge in [-0.25, -0.2) is 0 Å². The van der Waals surface area contributed by atoms with Gasteiger partial charge in [-0.05, 0) is 0 Å². The number of hydrogen-bond acceptors (Lipinski definition) is 3. The maximum Gasteiger partial charge on any atom is 0.321 e. The minimum atomic E-state index is -1.68. The van der Waals surface area contributed by atoms with Gasteiger partial charge in [-0.1, -0.05) is 12.2 Å². The van der Waals surface area contributed by atoms with Crippen molar-refractivity contribution in [2.45, 2.75) is 6.42 Å². The molecule has 0 rings (SSSR count). The lowest BCUT2D eigenvalue weighted by atomic mass is 10.1. The Labute approximate surface area is 73.1 Å². The monoisotopic (exact) mass is 188 g/mol. The number of carboxylic acid groups (broad SMARTS) is 3. The summed E-state index contributed by atoms with van der Waals surface area (Å²) in [5.74, 6) is -5.87. The number of rotatable bonds is 5. The molecule has 72 valence electrons. The topological polar surface area (TPSA) is 112 Å². The molecule has 13 heavy (non-hydrogen) atoms. The van der Waals surface area contributed by atoms with E-state index in [1.165, 1.54) is 0 Å². The Hall–Kier alpha value is -1.85. The zero-order valence-corrected chi connectivity index (χ0v) is 6.51. The first-order valence-electron chi connectivity index (χ1n) is 3.29. The van der Waals surface area contributed by atoms with Crippen LogP contribution in [0.15, 0.2) is 12.2 Å². The molecular formula is C7H8O6. The highest BCUT2D eigenvalue weighted by atomic mass is 16.4. The molecule has 0 bridgehead atoms. The molecule has 0 aromatic heterocycles. The molecule has 6 heteroatoms. The molecule has 0 unspecified atom stereocenters. The predicted octanol–water partition coefficient (Wildman–Crippen LogP) is -0.197. The molecule has 0 amide bonds. The Bertz CT molecular complexity index is 240. The molecule has 0 saturated heterocycles. The largest absolute Gasteiger partial charge is 0.481 e. The van der Waals surface area contributed by atoms with Crippen LogP contribution in [0.2, 0.25) is 0 Å². The number of hydrogen-bond donors (Lipinski definition) is 3. The minimum absolute atomic E-state index is 0.392.